The van der Waals surface area contributed by atoms with E-state index in [4.69, 9.17) is 10.5 Å². The molecule has 120 valence electrons. The first-order chi connectivity index (χ1) is 10.4. The monoisotopic (exact) mass is 326 g/mol. The number of hydrogen-bond acceptors (Lipinski definition) is 7. The summed E-state index contributed by atoms with van der Waals surface area (Å²) in [7, 11) is -3.15. The van der Waals surface area contributed by atoms with E-state index in [2.05, 4.69) is 20.3 Å². The largest absolute Gasteiger partial charge is 0.370 e. The third kappa shape index (κ3) is 3.73. The van der Waals surface area contributed by atoms with Crippen LogP contribution < -0.4 is 11.1 Å². The molecule has 0 bridgehead atoms. The number of imidazole rings is 1. The third-order valence-corrected chi connectivity index (χ3v) is 3.87. The van der Waals surface area contributed by atoms with Gasteiger partial charge in [-0.2, -0.15) is 9.97 Å². The molecule has 22 heavy (non-hydrogen) atoms. The predicted molar refractivity (Wildman–Crippen MR) is 82.9 cm³/mol. The van der Waals surface area contributed by atoms with Crippen molar-refractivity contribution in [2.45, 2.75) is 25.4 Å². The van der Waals surface area contributed by atoms with Gasteiger partial charge in [-0.25, -0.2) is 4.98 Å². The molecule has 1 atom stereocenters. The normalized spacial score (nSPS) is 17.5. The van der Waals surface area contributed by atoms with E-state index in [0.717, 1.165) is 12.8 Å². The van der Waals surface area contributed by atoms with Gasteiger partial charge in [0.15, 0.2) is 17.0 Å². The molecule has 2 aromatic heterocycles. The summed E-state index contributed by atoms with van der Waals surface area (Å²) in [6.07, 6.45) is 3.73. The van der Waals surface area contributed by atoms with Gasteiger partial charge in [0.1, 0.15) is 6.35 Å². The molecule has 1 aliphatic rings. The molecule has 0 amide bonds. The molecule has 9 nitrogen and oxygen atoms in total. The van der Waals surface area contributed by atoms with Crippen molar-refractivity contribution < 1.29 is 14.2 Å². The van der Waals surface area contributed by atoms with Crippen LogP contribution in [0.2, 0.25) is 0 Å². The zero-order chi connectivity index (χ0) is 15.7. The van der Waals surface area contributed by atoms with Gasteiger partial charge in [0.05, 0.1) is 12.9 Å². The Kier molecular flexibility index (Phi) is 4.03. The minimum atomic E-state index is -3.15. The van der Waals surface area contributed by atoms with E-state index in [0.29, 0.717) is 36.2 Å². The van der Waals surface area contributed by atoms with E-state index in [1.54, 1.807) is 10.9 Å². The fourth-order valence-electron chi connectivity index (χ4n) is 2.04. The van der Waals surface area contributed by atoms with Crippen molar-refractivity contribution in [3.8, 4) is 0 Å². The van der Waals surface area contributed by atoms with Gasteiger partial charge in [-0.15, -0.1) is 0 Å². The number of fused-ring (bicyclic) bond motifs is 1. The first-order valence-corrected chi connectivity index (χ1v) is 9.33. The lowest BCUT2D eigenvalue weighted by Crippen LogP contribution is -2.09. The molecule has 0 spiro atoms. The number of anilines is 2. The number of nitrogens with two attached hydrogens (primary N) is 1. The Morgan fingerprint density at radius 3 is 3.00 bits per heavy atom. The number of nitrogens with one attached hydrogen (secondary N) is 1. The molecule has 0 aliphatic heterocycles. The SMILES string of the molecule is CP(=O)(O)COCCn1cnc2c(NC3CC3)nc(N)nc21. The molecule has 0 saturated heterocycles. The van der Waals surface area contributed by atoms with E-state index in [-0.39, 0.29) is 12.3 Å². The van der Waals surface area contributed by atoms with Crippen LogP contribution in [0.25, 0.3) is 11.2 Å². The van der Waals surface area contributed by atoms with Gasteiger partial charge in [-0.1, -0.05) is 0 Å². The first kappa shape index (κ1) is 15.2. The Hall–Kier alpha value is -1.70. The standard InChI is InChI=1S/C12H19N6O3P/c1-22(19,20)7-21-5-4-18-6-14-9-10(15-8-2-3-8)16-12(13)17-11(9)18/h6,8H,2-5,7H2,1H3,(H,19,20)(H3,13,15,16,17). The van der Waals surface area contributed by atoms with Crippen LogP contribution in [0, 0.1) is 0 Å². The Morgan fingerprint density at radius 2 is 2.32 bits per heavy atom. The summed E-state index contributed by atoms with van der Waals surface area (Å²) in [4.78, 5) is 21.9. The minimum absolute atomic E-state index is 0.161. The summed E-state index contributed by atoms with van der Waals surface area (Å²) in [5, 5.41) is 3.29. The lowest BCUT2D eigenvalue weighted by molar-refractivity contribution is 0.160. The van der Waals surface area contributed by atoms with Crippen molar-refractivity contribution in [3.63, 3.8) is 0 Å². The summed E-state index contributed by atoms with van der Waals surface area (Å²) in [5.74, 6) is 0.838. The van der Waals surface area contributed by atoms with Crippen molar-refractivity contribution in [2.24, 2.45) is 0 Å². The highest BCUT2D eigenvalue weighted by molar-refractivity contribution is 7.56. The van der Waals surface area contributed by atoms with Crippen LogP contribution in [0.4, 0.5) is 11.8 Å². The average molecular weight is 326 g/mol. The minimum Gasteiger partial charge on any atom is -0.370 e. The van der Waals surface area contributed by atoms with Gasteiger partial charge >= 0.3 is 0 Å². The van der Waals surface area contributed by atoms with Gasteiger partial charge < -0.3 is 25.2 Å². The molecular formula is C12H19N6O3P. The maximum absolute atomic E-state index is 11.2. The molecule has 1 saturated carbocycles. The molecule has 2 heterocycles. The molecule has 1 aliphatic carbocycles. The lowest BCUT2D eigenvalue weighted by atomic mass is 10.4. The molecule has 4 N–H and O–H groups in total. The molecule has 1 unspecified atom stereocenters. The Labute approximate surface area is 127 Å². The summed E-state index contributed by atoms with van der Waals surface area (Å²) >= 11 is 0. The quantitative estimate of drug-likeness (QED) is 0.505. The van der Waals surface area contributed by atoms with Crippen LogP contribution in [-0.4, -0.2) is 50.1 Å². The number of rotatable bonds is 7. The summed E-state index contributed by atoms with van der Waals surface area (Å²) in [6.45, 7) is 2.03. The second-order valence-corrected chi connectivity index (χ2v) is 7.91. The maximum Gasteiger partial charge on any atom is 0.224 e. The smallest absolute Gasteiger partial charge is 0.224 e. The predicted octanol–water partition coefficient (Wildman–Crippen LogP) is 0.857. The Morgan fingerprint density at radius 1 is 1.55 bits per heavy atom. The Balaban J connectivity index is 1.73. The van der Waals surface area contributed by atoms with Crippen molar-refractivity contribution in [3.05, 3.63) is 6.33 Å². The molecule has 3 rings (SSSR count). The van der Waals surface area contributed by atoms with Gasteiger partial charge in [-0.05, 0) is 12.8 Å². The Bertz CT molecular complexity index is 723. The topological polar surface area (TPSA) is 128 Å². The second kappa shape index (κ2) is 5.83. The highest BCUT2D eigenvalue weighted by Gasteiger charge is 2.23. The van der Waals surface area contributed by atoms with Crippen molar-refractivity contribution >= 4 is 30.3 Å². The number of nitrogen functional groups attached to an aromatic ring is 1. The molecule has 10 heteroatoms. The highest BCUT2D eigenvalue weighted by Crippen LogP contribution is 2.34. The van der Waals surface area contributed by atoms with E-state index in [1.165, 1.54) is 6.66 Å². The second-order valence-electron chi connectivity index (χ2n) is 5.55. The summed E-state index contributed by atoms with van der Waals surface area (Å²) in [6, 6.07) is 0.439. The summed E-state index contributed by atoms with van der Waals surface area (Å²) in [5.41, 5.74) is 7.05. The zero-order valence-corrected chi connectivity index (χ0v) is 13.2. The van der Waals surface area contributed by atoms with Crippen LogP contribution in [0.1, 0.15) is 12.8 Å². The van der Waals surface area contributed by atoms with Crippen LogP contribution in [0.5, 0.6) is 0 Å². The average Bonchev–Trinajstić information content (AvgIpc) is 3.13. The molecule has 2 aromatic rings. The van der Waals surface area contributed by atoms with E-state index in [1.807, 2.05) is 0 Å². The number of ether oxygens (including phenoxy) is 1. The fraction of sp³-hybridized carbons (Fsp3) is 0.583. The molecular weight excluding hydrogens is 307 g/mol. The lowest BCUT2D eigenvalue weighted by Gasteiger charge is -2.08. The van der Waals surface area contributed by atoms with Crippen LogP contribution in [0.3, 0.4) is 0 Å². The van der Waals surface area contributed by atoms with Crippen molar-refractivity contribution in [2.75, 3.05) is 30.7 Å². The fourth-order valence-corrected chi connectivity index (χ4v) is 2.51. The van der Waals surface area contributed by atoms with E-state index < -0.39 is 7.37 Å². The van der Waals surface area contributed by atoms with Crippen LogP contribution >= 0.6 is 7.37 Å². The van der Waals surface area contributed by atoms with Gasteiger partial charge in [0.2, 0.25) is 13.3 Å². The number of hydrogen-bond donors (Lipinski definition) is 3. The highest BCUT2D eigenvalue weighted by atomic mass is 31.2. The molecule has 0 aromatic carbocycles. The summed E-state index contributed by atoms with van der Waals surface area (Å²) < 4.78 is 18.2. The maximum atomic E-state index is 11.2. The van der Waals surface area contributed by atoms with Crippen LogP contribution in [-0.2, 0) is 15.8 Å². The van der Waals surface area contributed by atoms with Gasteiger partial charge in [-0.3, -0.25) is 4.57 Å². The first-order valence-electron chi connectivity index (χ1n) is 7.04. The third-order valence-electron chi connectivity index (χ3n) is 3.21. The van der Waals surface area contributed by atoms with E-state index in [9.17, 15) is 9.46 Å². The van der Waals surface area contributed by atoms with Crippen molar-refractivity contribution in [1.82, 2.24) is 19.5 Å². The zero-order valence-electron chi connectivity index (χ0n) is 12.3. The van der Waals surface area contributed by atoms with Crippen molar-refractivity contribution in [1.29, 1.82) is 0 Å². The van der Waals surface area contributed by atoms with Gasteiger partial charge in [0.25, 0.3) is 0 Å². The molecule has 1 fully saturated rings. The number of aromatic nitrogens is 4. The molecule has 0 radical (unpaired) electrons. The van der Waals surface area contributed by atoms with E-state index >= 15 is 0 Å². The van der Waals surface area contributed by atoms with Gasteiger partial charge in [0, 0.05) is 19.3 Å². The number of nitrogens with zero attached hydrogens (tertiary/aromatic N) is 4. The van der Waals surface area contributed by atoms with Crippen LogP contribution in [0.15, 0.2) is 6.33 Å².